The van der Waals surface area contributed by atoms with Crippen LogP contribution >= 0.6 is 0 Å². The molecular formula is C16H21NO3. The molecular weight excluding hydrogens is 254 g/mol. The molecule has 2 rings (SSSR count). The summed E-state index contributed by atoms with van der Waals surface area (Å²) >= 11 is 0. The van der Waals surface area contributed by atoms with Crippen molar-refractivity contribution in [2.75, 3.05) is 13.7 Å². The SMILES string of the molecule is CCC(=O)N1CCCC1C(=O)c1cc(C)ccc1OC. The molecule has 0 aromatic heterocycles. The lowest BCUT2D eigenvalue weighted by Gasteiger charge is -2.24. The number of hydrogen-bond acceptors (Lipinski definition) is 3. The molecule has 1 fully saturated rings. The molecule has 1 heterocycles. The van der Waals surface area contributed by atoms with Gasteiger partial charge >= 0.3 is 0 Å². The average Bonchev–Trinajstić information content (AvgIpc) is 2.95. The molecule has 1 saturated heterocycles. The van der Waals surface area contributed by atoms with Crippen LogP contribution in [0.15, 0.2) is 18.2 Å². The van der Waals surface area contributed by atoms with Gasteiger partial charge in [-0.15, -0.1) is 0 Å². The van der Waals surface area contributed by atoms with Gasteiger partial charge in [-0.1, -0.05) is 18.6 Å². The van der Waals surface area contributed by atoms with Crippen LogP contribution in [0.2, 0.25) is 0 Å². The van der Waals surface area contributed by atoms with E-state index in [2.05, 4.69) is 0 Å². The Morgan fingerprint density at radius 2 is 2.15 bits per heavy atom. The number of ketones is 1. The molecule has 20 heavy (non-hydrogen) atoms. The number of methoxy groups -OCH3 is 1. The van der Waals surface area contributed by atoms with E-state index in [4.69, 9.17) is 4.74 Å². The Labute approximate surface area is 119 Å². The number of aryl methyl sites for hydroxylation is 1. The van der Waals surface area contributed by atoms with E-state index in [-0.39, 0.29) is 17.7 Å². The van der Waals surface area contributed by atoms with Gasteiger partial charge in [-0.25, -0.2) is 0 Å². The van der Waals surface area contributed by atoms with Crippen LogP contribution in [0.25, 0.3) is 0 Å². The lowest BCUT2D eigenvalue weighted by molar-refractivity contribution is -0.131. The maximum Gasteiger partial charge on any atom is 0.222 e. The first-order valence-corrected chi connectivity index (χ1v) is 7.06. The number of carbonyl (C=O) groups excluding carboxylic acids is 2. The van der Waals surface area contributed by atoms with Crippen LogP contribution in [0.3, 0.4) is 0 Å². The van der Waals surface area contributed by atoms with Gasteiger partial charge in [0.1, 0.15) is 5.75 Å². The number of rotatable bonds is 4. The molecule has 1 aromatic carbocycles. The number of nitrogens with zero attached hydrogens (tertiary/aromatic N) is 1. The molecule has 0 saturated carbocycles. The van der Waals surface area contributed by atoms with Crippen LogP contribution in [0.1, 0.15) is 42.1 Å². The molecule has 0 radical (unpaired) electrons. The van der Waals surface area contributed by atoms with Gasteiger partial charge in [-0.05, 0) is 31.9 Å². The number of Topliss-reactive ketones (excluding diaryl/α,β-unsaturated/α-hetero) is 1. The summed E-state index contributed by atoms with van der Waals surface area (Å²) in [4.78, 5) is 26.4. The molecule has 1 amide bonds. The first-order chi connectivity index (χ1) is 9.58. The molecule has 1 atom stereocenters. The van der Waals surface area contributed by atoms with Crippen molar-refractivity contribution in [3.63, 3.8) is 0 Å². The van der Waals surface area contributed by atoms with Gasteiger partial charge in [0.05, 0.1) is 18.7 Å². The third-order valence-electron chi connectivity index (χ3n) is 3.80. The smallest absolute Gasteiger partial charge is 0.222 e. The first-order valence-electron chi connectivity index (χ1n) is 7.06. The topological polar surface area (TPSA) is 46.6 Å². The van der Waals surface area contributed by atoms with Crippen LogP contribution in [-0.4, -0.2) is 36.3 Å². The minimum absolute atomic E-state index is 0.00940. The highest BCUT2D eigenvalue weighted by Crippen LogP contribution is 2.27. The van der Waals surface area contributed by atoms with Gasteiger partial charge in [0, 0.05) is 13.0 Å². The second-order valence-corrected chi connectivity index (χ2v) is 5.17. The summed E-state index contributed by atoms with van der Waals surface area (Å²) in [6.45, 7) is 4.45. The van der Waals surface area contributed by atoms with Crippen LogP contribution < -0.4 is 4.74 Å². The maximum absolute atomic E-state index is 12.7. The van der Waals surface area contributed by atoms with Crippen LogP contribution in [0.4, 0.5) is 0 Å². The number of ether oxygens (including phenoxy) is 1. The Bertz CT molecular complexity index is 524. The van der Waals surface area contributed by atoms with Gasteiger partial charge in [-0.2, -0.15) is 0 Å². The summed E-state index contributed by atoms with van der Waals surface area (Å²) in [5.74, 6) is 0.619. The molecule has 1 aliphatic heterocycles. The van der Waals surface area contributed by atoms with E-state index >= 15 is 0 Å². The van der Waals surface area contributed by atoms with E-state index in [0.717, 1.165) is 18.4 Å². The lowest BCUT2D eigenvalue weighted by Crippen LogP contribution is -2.40. The van der Waals surface area contributed by atoms with Crippen LogP contribution in [-0.2, 0) is 4.79 Å². The molecule has 1 aromatic rings. The lowest BCUT2D eigenvalue weighted by atomic mass is 9.99. The van der Waals surface area contributed by atoms with Gasteiger partial charge < -0.3 is 9.64 Å². The predicted molar refractivity (Wildman–Crippen MR) is 77.1 cm³/mol. The highest BCUT2D eigenvalue weighted by molar-refractivity contribution is 6.04. The molecule has 108 valence electrons. The Balaban J connectivity index is 2.31. The minimum atomic E-state index is -0.335. The van der Waals surface area contributed by atoms with Crippen LogP contribution in [0, 0.1) is 6.92 Å². The summed E-state index contributed by atoms with van der Waals surface area (Å²) < 4.78 is 5.28. The molecule has 0 aliphatic carbocycles. The van der Waals surface area contributed by atoms with Crippen LogP contribution in [0.5, 0.6) is 5.75 Å². The maximum atomic E-state index is 12.7. The first kappa shape index (κ1) is 14.6. The summed E-state index contributed by atoms with van der Waals surface area (Å²) in [7, 11) is 1.56. The van der Waals surface area contributed by atoms with Crippen molar-refractivity contribution < 1.29 is 14.3 Å². The third kappa shape index (κ3) is 2.69. The normalized spacial score (nSPS) is 18.1. The monoisotopic (exact) mass is 275 g/mol. The zero-order valence-electron chi connectivity index (χ0n) is 12.3. The van der Waals surface area contributed by atoms with Gasteiger partial charge in [0.2, 0.25) is 5.91 Å². The molecule has 4 nitrogen and oxygen atoms in total. The van der Waals surface area contributed by atoms with E-state index < -0.39 is 0 Å². The summed E-state index contributed by atoms with van der Waals surface area (Å²) in [6.07, 6.45) is 2.06. The molecule has 0 N–H and O–H groups in total. The fourth-order valence-corrected chi connectivity index (χ4v) is 2.73. The van der Waals surface area contributed by atoms with Crippen molar-refractivity contribution in [1.82, 2.24) is 4.90 Å². The summed E-state index contributed by atoms with van der Waals surface area (Å²) in [5, 5.41) is 0. The van der Waals surface area contributed by atoms with Crippen molar-refractivity contribution in [3.05, 3.63) is 29.3 Å². The quantitative estimate of drug-likeness (QED) is 0.793. The second-order valence-electron chi connectivity index (χ2n) is 5.17. The Morgan fingerprint density at radius 1 is 1.40 bits per heavy atom. The number of carbonyl (C=O) groups is 2. The summed E-state index contributed by atoms with van der Waals surface area (Å²) in [6, 6.07) is 5.23. The Morgan fingerprint density at radius 3 is 2.80 bits per heavy atom. The molecule has 0 bridgehead atoms. The Hall–Kier alpha value is -1.84. The van der Waals surface area contributed by atoms with E-state index in [1.165, 1.54) is 0 Å². The highest BCUT2D eigenvalue weighted by atomic mass is 16.5. The van der Waals surface area contributed by atoms with Crippen molar-refractivity contribution in [3.8, 4) is 5.75 Å². The third-order valence-corrected chi connectivity index (χ3v) is 3.80. The van der Waals surface area contributed by atoms with Gasteiger partial charge in [0.25, 0.3) is 0 Å². The number of amides is 1. The second kappa shape index (κ2) is 6.07. The van der Waals surface area contributed by atoms with Crippen molar-refractivity contribution >= 4 is 11.7 Å². The fourth-order valence-electron chi connectivity index (χ4n) is 2.73. The predicted octanol–water partition coefficient (Wildman–Crippen LogP) is 2.59. The standard InChI is InChI=1S/C16H21NO3/c1-4-15(18)17-9-5-6-13(17)16(19)12-10-11(2)7-8-14(12)20-3/h7-8,10,13H,4-6,9H2,1-3H3. The minimum Gasteiger partial charge on any atom is -0.496 e. The van der Waals surface area contributed by atoms with E-state index in [0.29, 0.717) is 24.3 Å². The van der Waals surface area contributed by atoms with Crippen molar-refractivity contribution in [1.29, 1.82) is 0 Å². The number of hydrogen-bond donors (Lipinski definition) is 0. The average molecular weight is 275 g/mol. The number of likely N-dealkylation sites (tertiary alicyclic amines) is 1. The van der Waals surface area contributed by atoms with E-state index in [1.54, 1.807) is 12.0 Å². The molecule has 1 unspecified atom stereocenters. The fraction of sp³-hybridized carbons (Fsp3) is 0.500. The summed E-state index contributed by atoms with van der Waals surface area (Å²) in [5.41, 5.74) is 1.59. The largest absolute Gasteiger partial charge is 0.496 e. The van der Waals surface area contributed by atoms with Crippen molar-refractivity contribution in [2.45, 2.75) is 39.2 Å². The molecule has 1 aliphatic rings. The van der Waals surface area contributed by atoms with Gasteiger partial charge in [-0.3, -0.25) is 9.59 Å². The zero-order chi connectivity index (χ0) is 14.7. The van der Waals surface area contributed by atoms with E-state index in [9.17, 15) is 9.59 Å². The molecule has 0 spiro atoms. The zero-order valence-corrected chi connectivity index (χ0v) is 12.3. The number of benzene rings is 1. The Kier molecular flexibility index (Phi) is 4.42. The van der Waals surface area contributed by atoms with Gasteiger partial charge in [0.15, 0.2) is 5.78 Å². The highest BCUT2D eigenvalue weighted by Gasteiger charge is 2.34. The van der Waals surface area contributed by atoms with Crippen molar-refractivity contribution in [2.24, 2.45) is 0 Å². The molecule has 4 heteroatoms. The van der Waals surface area contributed by atoms with E-state index in [1.807, 2.05) is 32.0 Å².